The molecular weight excluding hydrogens is 415 g/mol. The SMILES string of the molecule is CCOCCCN1C(=O)c2oc3ccc(F)cc3c(=O)c2C12C(=O)N(C)c1ccccc12. The highest BCUT2D eigenvalue weighted by Crippen LogP contribution is 2.52. The summed E-state index contributed by atoms with van der Waals surface area (Å²) in [7, 11) is 1.61. The molecule has 8 heteroatoms. The van der Waals surface area contributed by atoms with E-state index in [0.29, 0.717) is 30.9 Å². The van der Waals surface area contributed by atoms with Crippen LogP contribution in [0.15, 0.2) is 51.7 Å². The summed E-state index contributed by atoms with van der Waals surface area (Å²) in [5.41, 5.74) is -1.07. The molecular formula is C24H21FN2O5. The van der Waals surface area contributed by atoms with E-state index < -0.39 is 28.6 Å². The van der Waals surface area contributed by atoms with Gasteiger partial charge in [0, 0.05) is 38.1 Å². The lowest BCUT2D eigenvalue weighted by molar-refractivity contribution is -0.125. The molecule has 2 aromatic carbocycles. The number of para-hydroxylation sites is 1. The first-order valence-electron chi connectivity index (χ1n) is 10.5. The van der Waals surface area contributed by atoms with Gasteiger partial charge in [0.2, 0.25) is 5.76 Å². The molecule has 2 aliphatic heterocycles. The fourth-order valence-corrected chi connectivity index (χ4v) is 4.84. The van der Waals surface area contributed by atoms with Crippen molar-refractivity contribution in [1.82, 2.24) is 4.90 Å². The van der Waals surface area contributed by atoms with Gasteiger partial charge in [0.15, 0.2) is 11.0 Å². The van der Waals surface area contributed by atoms with Crippen LogP contribution >= 0.6 is 0 Å². The van der Waals surface area contributed by atoms with Crippen LogP contribution < -0.4 is 10.3 Å². The Bertz CT molecular complexity index is 1330. The van der Waals surface area contributed by atoms with Crippen LogP contribution in [-0.4, -0.2) is 43.5 Å². The van der Waals surface area contributed by atoms with Crippen molar-refractivity contribution in [2.75, 3.05) is 31.7 Å². The molecule has 32 heavy (non-hydrogen) atoms. The predicted octanol–water partition coefficient (Wildman–Crippen LogP) is 3.03. The molecule has 0 fully saturated rings. The van der Waals surface area contributed by atoms with E-state index in [1.807, 2.05) is 6.92 Å². The number of hydrogen-bond donors (Lipinski definition) is 0. The van der Waals surface area contributed by atoms with Crippen LogP contribution in [0.3, 0.4) is 0 Å². The van der Waals surface area contributed by atoms with E-state index in [-0.39, 0.29) is 28.8 Å². The van der Waals surface area contributed by atoms with Crippen LogP contribution in [-0.2, 0) is 15.1 Å². The first-order chi connectivity index (χ1) is 15.4. The van der Waals surface area contributed by atoms with Crippen molar-refractivity contribution in [3.05, 3.63) is 75.4 Å². The van der Waals surface area contributed by atoms with Gasteiger partial charge in [0.05, 0.1) is 10.9 Å². The molecule has 2 aliphatic rings. The Morgan fingerprint density at radius 1 is 1.12 bits per heavy atom. The van der Waals surface area contributed by atoms with Crippen LogP contribution in [0.25, 0.3) is 11.0 Å². The number of hydrogen-bond acceptors (Lipinski definition) is 5. The molecule has 0 saturated carbocycles. The molecule has 1 spiro atoms. The molecule has 1 unspecified atom stereocenters. The van der Waals surface area contributed by atoms with Crippen LogP contribution in [0.5, 0.6) is 0 Å². The van der Waals surface area contributed by atoms with Crippen molar-refractivity contribution in [3.63, 3.8) is 0 Å². The number of nitrogens with zero attached hydrogens (tertiary/aromatic N) is 2. The fraction of sp³-hybridized carbons (Fsp3) is 0.292. The van der Waals surface area contributed by atoms with E-state index in [1.165, 1.54) is 15.9 Å². The molecule has 5 rings (SSSR count). The lowest BCUT2D eigenvalue weighted by Crippen LogP contribution is -2.53. The monoisotopic (exact) mass is 436 g/mol. The average molecular weight is 436 g/mol. The number of fused-ring (bicyclic) bond motifs is 5. The van der Waals surface area contributed by atoms with Crippen molar-refractivity contribution in [2.45, 2.75) is 18.9 Å². The van der Waals surface area contributed by atoms with E-state index in [2.05, 4.69) is 0 Å². The summed E-state index contributed by atoms with van der Waals surface area (Å²) in [5.74, 6) is -1.75. The predicted molar refractivity (Wildman–Crippen MR) is 115 cm³/mol. The quantitative estimate of drug-likeness (QED) is 0.575. The van der Waals surface area contributed by atoms with Crippen molar-refractivity contribution in [3.8, 4) is 0 Å². The molecule has 0 aliphatic carbocycles. The Hall–Kier alpha value is -3.52. The number of halogens is 1. The van der Waals surface area contributed by atoms with Gasteiger partial charge in [-0.05, 0) is 37.6 Å². The third-order valence-corrected chi connectivity index (χ3v) is 6.20. The molecule has 164 valence electrons. The third-order valence-electron chi connectivity index (χ3n) is 6.20. The Morgan fingerprint density at radius 3 is 2.69 bits per heavy atom. The van der Waals surface area contributed by atoms with Gasteiger partial charge < -0.3 is 19.0 Å². The topological polar surface area (TPSA) is 80.1 Å². The van der Waals surface area contributed by atoms with Gasteiger partial charge in [0.1, 0.15) is 11.4 Å². The highest BCUT2D eigenvalue weighted by molar-refractivity contribution is 6.16. The molecule has 0 radical (unpaired) electrons. The Kier molecular flexibility index (Phi) is 4.63. The number of carbonyl (C=O) groups excluding carboxylic acids is 2. The van der Waals surface area contributed by atoms with Gasteiger partial charge in [0.25, 0.3) is 11.8 Å². The second kappa shape index (κ2) is 7.27. The highest BCUT2D eigenvalue weighted by Gasteiger charge is 2.64. The van der Waals surface area contributed by atoms with Crippen LogP contribution in [0, 0.1) is 5.82 Å². The first-order valence-corrected chi connectivity index (χ1v) is 10.5. The van der Waals surface area contributed by atoms with Crippen molar-refractivity contribution < 1.29 is 23.1 Å². The summed E-state index contributed by atoms with van der Waals surface area (Å²) in [6.45, 7) is 2.98. The largest absolute Gasteiger partial charge is 0.450 e. The molecule has 2 amide bonds. The molecule has 3 heterocycles. The zero-order valence-corrected chi connectivity index (χ0v) is 17.7. The maximum atomic E-state index is 14.0. The second-order valence-electron chi connectivity index (χ2n) is 7.87. The number of rotatable bonds is 5. The molecule has 3 aromatic rings. The maximum Gasteiger partial charge on any atom is 0.291 e. The zero-order valence-electron chi connectivity index (χ0n) is 17.7. The number of ether oxygens (including phenoxy) is 1. The molecule has 1 aromatic heterocycles. The lowest BCUT2D eigenvalue weighted by atomic mass is 9.84. The van der Waals surface area contributed by atoms with E-state index in [1.54, 1.807) is 31.3 Å². The second-order valence-corrected chi connectivity index (χ2v) is 7.87. The number of anilines is 1. The smallest absolute Gasteiger partial charge is 0.291 e. The van der Waals surface area contributed by atoms with Gasteiger partial charge >= 0.3 is 0 Å². The normalized spacial score (nSPS) is 19.3. The van der Waals surface area contributed by atoms with E-state index in [9.17, 15) is 18.8 Å². The molecule has 0 bridgehead atoms. The van der Waals surface area contributed by atoms with Crippen molar-refractivity contribution in [1.29, 1.82) is 0 Å². The van der Waals surface area contributed by atoms with Gasteiger partial charge in [-0.25, -0.2) is 4.39 Å². The van der Waals surface area contributed by atoms with Crippen molar-refractivity contribution >= 4 is 28.5 Å². The number of carbonyl (C=O) groups is 2. The molecule has 0 N–H and O–H groups in total. The Balaban J connectivity index is 1.82. The van der Waals surface area contributed by atoms with Crippen LogP contribution in [0.1, 0.15) is 35.0 Å². The Labute approximate surface area is 183 Å². The highest BCUT2D eigenvalue weighted by atomic mass is 19.1. The lowest BCUT2D eigenvalue weighted by Gasteiger charge is -2.34. The molecule has 0 saturated heterocycles. The summed E-state index contributed by atoms with van der Waals surface area (Å²) >= 11 is 0. The van der Waals surface area contributed by atoms with Gasteiger partial charge in [-0.1, -0.05) is 18.2 Å². The van der Waals surface area contributed by atoms with Crippen LogP contribution in [0.2, 0.25) is 0 Å². The first kappa shape index (κ1) is 20.4. The van der Waals surface area contributed by atoms with E-state index >= 15 is 0 Å². The molecule has 1 atom stereocenters. The minimum atomic E-state index is -1.66. The minimum Gasteiger partial charge on any atom is -0.450 e. The third kappa shape index (κ3) is 2.53. The Morgan fingerprint density at radius 2 is 1.91 bits per heavy atom. The summed E-state index contributed by atoms with van der Waals surface area (Å²) in [6, 6.07) is 10.6. The number of amides is 2. The number of benzene rings is 2. The zero-order chi connectivity index (χ0) is 22.6. The van der Waals surface area contributed by atoms with Crippen molar-refractivity contribution in [2.24, 2.45) is 0 Å². The minimum absolute atomic E-state index is 0.00748. The standard InChI is InChI=1S/C24H21FN2O5/c1-3-31-12-6-11-27-22(29)21-19(20(28)15-13-14(25)9-10-18(15)32-21)24(27)16-7-4-5-8-17(16)26(2)23(24)30/h4-5,7-10,13H,3,6,11-12H2,1-2H3. The van der Waals surface area contributed by atoms with E-state index in [4.69, 9.17) is 9.15 Å². The summed E-state index contributed by atoms with van der Waals surface area (Å²) in [4.78, 5) is 43.9. The van der Waals surface area contributed by atoms with Gasteiger partial charge in [-0.15, -0.1) is 0 Å². The van der Waals surface area contributed by atoms with Gasteiger partial charge in [-0.2, -0.15) is 0 Å². The molecule has 7 nitrogen and oxygen atoms in total. The summed E-state index contributed by atoms with van der Waals surface area (Å²) in [5, 5.41) is -0.00748. The van der Waals surface area contributed by atoms with Gasteiger partial charge in [-0.3, -0.25) is 14.4 Å². The summed E-state index contributed by atoms with van der Waals surface area (Å²) in [6.07, 6.45) is 0.469. The number of likely N-dealkylation sites (N-methyl/N-ethyl adjacent to an activating group) is 1. The van der Waals surface area contributed by atoms with Crippen LogP contribution in [0.4, 0.5) is 10.1 Å². The average Bonchev–Trinajstić information content (AvgIpc) is 3.17. The maximum absolute atomic E-state index is 14.0. The summed E-state index contributed by atoms with van der Waals surface area (Å²) < 4.78 is 25.2. The van der Waals surface area contributed by atoms with E-state index in [0.717, 1.165) is 12.1 Å². The fourth-order valence-electron chi connectivity index (χ4n) is 4.84.